The molecule has 0 aromatic heterocycles. The summed E-state index contributed by atoms with van der Waals surface area (Å²) < 4.78 is 27.5. The molecular weight excluding hydrogens is 348 g/mol. The number of hydrogen-bond donors (Lipinski definition) is 2. The number of sulfonamides is 1. The van der Waals surface area contributed by atoms with E-state index in [0.29, 0.717) is 16.9 Å². The molecule has 0 fully saturated rings. The van der Waals surface area contributed by atoms with Gasteiger partial charge in [-0.25, -0.2) is 8.42 Å². The van der Waals surface area contributed by atoms with Crippen molar-refractivity contribution in [3.05, 3.63) is 66.2 Å². The lowest BCUT2D eigenvalue weighted by molar-refractivity contribution is -0.112. The molecule has 2 N–H and O–H groups in total. The van der Waals surface area contributed by atoms with E-state index in [1.165, 1.54) is 17.7 Å². The number of carbonyl (C=O) groups excluding carboxylic acids is 1. The number of nitrogens with one attached hydrogen (secondary N) is 2. The van der Waals surface area contributed by atoms with Crippen LogP contribution in [-0.2, 0) is 21.2 Å². The molecule has 0 bridgehead atoms. The fraction of sp³-hybridized carbons (Fsp3) is 0.250. The van der Waals surface area contributed by atoms with Crippen LogP contribution in [-0.4, -0.2) is 14.3 Å². The van der Waals surface area contributed by atoms with E-state index >= 15 is 0 Å². The van der Waals surface area contributed by atoms with Crippen LogP contribution in [0.4, 0.5) is 11.4 Å². The monoisotopic (exact) mass is 372 g/mol. The lowest BCUT2D eigenvalue weighted by atomic mass is 10.1. The highest BCUT2D eigenvalue weighted by atomic mass is 32.2. The molecule has 2 rings (SSSR count). The van der Waals surface area contributed by atoms with Gasteiger partial charge in [0.25, 0.3) is 15.9 Å². The lowest BCUT2D eigenvalue weighted by Gasteiger charge is -2.10. The quantitative estimate of drug-likeness (QED) is 0.677. The standard InChI is InChI=1S/C20H24N2O3S/c1-4-5-6-16-7-9-18(10-8-16)22-26(24,25)19-13-11-17(12-14-19)21-20(23)15(2)3/h7-14,22H,2,4-6H2,1,3H3,(H,21,23). The van der Waals surface area contributed by atoms with E-state index in [1.807, 2.05) is 12.1 Å². The van der Waals surface area contributed by atoms with Crippen LogP contribution in [0.2, 0.25) is 0 Å². The molecule has 26 heavy (non-hydrogen) atoms. The summed E-state index contributed by atoms with van der Waals surface area (Å²) in [5.41, 5.74) is 2.60. The van der Waals surface area contributed by atoms with Crippen molar-refractivity contribution >= 4 is 27.3 Å². The number of amides is 1. The molecule has 2 aromatic rings. The van der Waals surface area contributed by atoms with Crippen LogP contribution in [0.25, 0.3) is 0 Å². The van der Waals surface area contributed by atoms with Crippen LogP contribution in [0.5, 0.6) is 0 Å². The maximum atomic E-state index is 12.5. The molecule has 0 atom stereocenters. The summed E-state index contributed by atoms with van der Waals surface area (Å²) in [5, 5.41) is 2.64. The van der Waals surface area contributed by atoms with Crippen LogP contribution >= 0.6 is 0 Å². The van der Waals surface area contributed by atoms with Gasteiger partial charge in [-0.15, -0.1) is 0 Å². The summed E-state index contributed by atoms with van der Waals surface area (Å²) >= 11 is 0. The van der Waals surface area contributed by atoms with Crippen molar-refractivity contribution in [2.75, 3.05) is 10.0 Å². The normalized spacial score (nSPS) is 11.0. The van der Waals surface area contributed by atoms with Gasteiger partial charge in [0.15, 0.2) is 0 Å². The third kappa shape index (κ3) is 5.46. The van der Waals surface area contributed by atoms with Gasteiger partial charge < -0.3 is 5.32 Å². The molecule has 5 nitrogen and oxygen atoms in total. The molecule has 0 aliphatic rings. The zero-order valence-electron chi connectivity index (χ0n) is 15.1. The second kappa shape index (κ2) is 8.67. The van der Waals surface area contributed by atoms with Gasteiger partial charge in [-0.1, -0.05) is 32.1 Å². The van der Waals surface area contributed by atoms with Crippen molar-refractivity contribution in [2.24, 2.45) is 0 Å². The molecule has 0 heterocycles. The second-order valence-corrected chi connectivity index (χ2v) is 7.85. The summed E-state index contributed by atoms with van der Waals surface area (Å²) in [5.74, 6) is -0.304. The Morgan fingerprint density at radius 3 is 2.12 bits per heavy atom. The van der Waals surface area contributed by atoms with Gasteiger partial charge in [-0.2, -0.15) is 0 Å². The first-order chi connectivity index (χ1) is 12.3. The Labute approximate surface area is 155 Å². The summed E-state index contributed by atoms with van der Waals surface area (Å²) in [4.78, 5) is 11.7. The Bertz CT molecular complexity index is 870. The third-order valence-electron chi connectivity index (χ3n) is 3.84. The number of unbranched alkanes of at least 4 members (excludes halogenated alkanes) is 1. The topological polar surface area (TPSA) is 75.3 Å². The van der Waals surface area contributed by atoms with Gasteiger partial charge in [-0.3, -0.25) is 9.52 Å². The van der Waals surface area contributed by atoms with Crippen molar-refractivity contribution in [1.82, 2.24) is 0 Å². The molecule has 6 heteroatoms. The Hall–Kier alpha value is -2.60. The summed E-state index contributed by atoms with van der Waals surface area (Å²) in [6.45, 7) is 7.30. The average molecular weight is 372 g/mol. The second-order valence-electron chi connectivity index (χ2n) is 6.16. The van der Waals surface area contributed by atoms with Gasteiger partial charge >= 0.3 is 0 Å². The SMILES string of the molecule is C=C(C)C(=O)Nc1ccc(S(=O)(=O)Nc2ccc(CCCC)cc2)cc1. The number of benzene rings is 2. The van der Waals surface area contributed by atoms with Crippen molar-refractivity contribution in [2.45, 2.75) is 38.0 Å². The van der Waals surface area contributed by atoms with Crippen LogP contribution in [0, 0.1) is 0 Å². The smallest absolute Gasteiger partial charge is 0.261 e. The first kappa shape index (κ1) is 19.7. The molecule has 2 aromatic carbocycles. The molecule has 0 radical (unpaired) electrons. The highest BCUT2D eigenvalue weighted by Gasteiger charge is 2.14. The average Bonchev–Trinajstić information content (AvgIpc) is 2.61. The number of carbonyl (C=O) groups is 1. The van der Waals surface area contributed by atoms with Crippen molar-refractivity contribution in [3.63, 3.8) is 0 Å². The number of rotatable bonds is 8. The number of anilines is 2. The lowest BCUT2D eigenvalue weighted by Crippen LogP contribution is -2.14. The van der Waals surface area contributed by atoms with Crippen LogP contribution in [0.15, 0.2) is 65.6 Å². The maximum absolute atomic E-state index is 12.5. The summed E-state index contributed by atoms with van der Waals surface area (Å²) in [6, 6.07) is 13.4. The maximum Gasteiger partial charge on any atom is 0.261 e. The van der Waals surface area contributed by atoms with Gasteiger partial charge in [0.2, 0.25) is 0 Å². The van der Waals surface area contributed by atoms with Crippen molar-refractivity contribution in [3.8, 4) is 0 Å². The van der Waals surface area contributed by atoms with E-state index in [-0.39, 0.29) is 10.8 Å². The number of hydrogen-bond acceptors (Lipinski definition) is 3. The van der Waals surface area contributed by atoms with Crippen LogP contribution in [0.1, 0.15) is 32.3 Å². The van der Waals surface area contributed by atoms with Gasteiger partial charge in [-0.05, 0) is 61.7 Å². The zero-order chi connectivity index (χ0) is 19.2. The zero-order valence-corrected chi connectivity index (χ0v) is 15.9. The minimum atomic E-state index is -3.68. The Balaban J connectivity index is 2.07. The fourth-order valence-electron chi connectivity index (χ4n) is 2.29. The van der Waals surface area contributed by atoms with E-state index < -0.39 is 10.0 Å². The minimum Gasteiger partial charge on any atom is -0.322 e. The van der Waals surface area contributed by atoms with Crippen molar-refractivity contribution in [1.29, 1.82) is 0 Å². The van der Waals surface area contributed by atoms with Crippen molar-refractivity contribution < 1.29 is 13.2 Å². The predicted octanol–water partition coefficient (Wildman–Crippen LogP) is 4.34. The van der Waals surface area contributed by atoms with Gasteiger partial charge in [0.1, 0.15) is 0 Å². The molecular formula is C20H24N2O3S. The van der Waals surface area contributed by atoms with E-state index in [4.69, 9.17) is 0 Å². The third-order valence-corrected chi connectivity index (χ3v) is 5.23. The number of aryl methyl sites for hydroxylation is 1. The molecule has 138 valence electrons. The van der Waals surface area contributed by atoms with E-state index in [0.717, 1.165) is 19.3 Å². The highest BCUT2D eigenvalue weighted by molar-refractivity contribution is 7.92. The molecule has 1 amide bonds. The van der Waals surface area contributed by atoms with E-state index in [1.54, 1.807) is 31.2 Å². The molecule has 0 aliphatic carbocycles. The molecule has 0 unspecified atom stereocenters. The predicted molar refractivity (Wildman–Crippen MR) is 106 cm³/mol. The van der Waals surface area contributed by atoms with E-state index in [2.05, 4.69) is 23.5 Å². The van der Waals surface area contributed by atoms with Crippen LogP contribution < -0.4 is 10.0 Å². The molecule has 0 saturated heterocycles. The Kier molecular flexibility index (Phi) is 6.58. The summed E-state index contributed by atoms with van der Waals surface area (Å²) in [7, 11) is -3.68. The molecule has 0 saturated carbocycles. The van der Waals surface area contributed by atoms with Gasteiger partial charge in [0, 0.05) is 16.9 Å². The Morgan fingerprint density at radius 1 is 1.00 bits per heavy atom. The van der Waals surface area contributed by atoms with E-state index in [9.17, 15) is 13.2 Å². The highest BCUT2D eigenvalue weighted by Crippen LogP contribution is 2.19. The van der Waals surface area contributed by atoms with Gasteiger partial charge in [0.05, 0.1) is 4.90 Å². The molecule has 0 spiro atoms. The Morgan fingerprint density at radius 2 is 1.58 bits per heavy atom. The first-order valence-electron chi connectivity index (χ1n) is 8.50. The largest absolute Gasteiger partial charge is 0.322 e. The molecule has 0 aliphatic heterocycles. The van der Waals surface area contributed by atoms with Crippen LogP contribution in [0.3, 0.4) is 0 Å². The fourth-order valence-corrected chi connectivity index (χ4v) is 3.35. The first-order valence-corrected chi connectivity index (χ1v) is 9.99. The minimum absolute atomic E-state index is 0.126. The summed E-state index contributed by atoms with van der Waals surface area (Å²) in [6.07, 6.45) is 3.22.